The molecule has 3 heteroatoms. The molecule has 1 aromatic carbocycles. The van der Waals surface area contributed by atoms with Crippen LogP contribution in [0.1, 0.15) is 32.6 Å². The van der Waals surface area contributed by atoms with Crippen molar-refractivity contribution in [3.8, 4) is 0 Å². The molecule has 1 nitrogen and oxygen atoms in total. The average molecular weight is 298 g/mol. The molecule has 2 atom stereocenters. The van der Waals surface area contributed by atoms with E-state index < -0.39 is 0 Å². The van der Waals surface area contributed by atoms with Crippen molar-refractivity contribution in [3.63, 3.8) is 0 Å². The number of nitrogens with one attached hydrogen (secondary N) is 1. The second kappa shape index (κ2) is 7.56. The van der Waals surface area contributed by atoms with E-state index in [1.807, 2.05) is 11.8 Å². The highest BCUT2D eigenvalue weighted by Gasteiger charge is 2.33. The van der Waals surface area contributed by atoms with Gasteiger partial charge < -0.3 is 5.32 Å². The molecular formula is C16H24ClNS. The number of thioether (sulfide) groups is 1. The molecule has 1 N–H and O–H groups in total. The smallest absolute Gasteiger partial charge is 0.0406 e. The van der Waals surface area contributed by atoms with Gasteiger partial charge in [-0.05, 0) is 30.9 Å². The summed E-state index contributed by atoms with van der Waals surface area (Å²) in [5.41, 5.74) is 0.191. The summed E-state index contributed by atoms with van der Waals surface area (Å²) >= 11 is 8.14. The van der Waals surface area contributed by atoms with Crippen LogP contribution in [0, 0.1) is 5.92 Å². The molecule has 2 rings (SSSR count). The fourth-order valence-electron chi connectivity index (χ4n) is 2.99. The van der Waals surface area contributed by atoms with Crippen LogP contribution in [-0.2, 0) is 0 Å². The first-order chi connectivity index (χ1) is 9.24. The Morgan fingerprint density at radius 2 is 2.16 bits per heavy atom. The second-order valence-electron chi connectivity index (χ2n) is 5.70. The SMILES string of the molecule is CC1CCCC(CCl)(NCCSc2ccccc2)C1. The minimum Gasteiger partial charge on any atom is -0.309 e. The van der Waals surface area contributed by atoms with Crippen molar-refractivity contribution in [3.05, 3.63) is 30.3 Å². The van der Waals surface area contributed by atoms with Crippen LogP contribution in [0.4, 0.5) is 0 Å². The summed E-state index contributed by atoms with van der Waals surface area (Å²) in [7, 11) is 0. The zero-order chi connectivity index (χ0) is 13.6. The number of alkyl halides is 1. The Hall–Kier alpha value is -0.180. The highest BCUT2D eigenvalue weighted by Crippen LogP contribution is 2.33. The molecule has 1 aliphatic rings. The van der Waals surface area contributed by atoms with Crippen molar-refractivity contribution in [2.45, 2.75) is 43.0 Å². The van der Waals surface area contributed by atoms with E-state index in [0.717, 1.165) is 24.1 Å². The van der Waals surface area contributed by atoms with Crippen LogP contribution in [0.25, 0.3) is 0 Å². The van der Waals surface area contributed by atoms with E-state index in [4.69, 9.17) is 11.6 Å². The van der Waals surface area contributed by atoms with Gasteiger partial charge in [-0.1, -0.05) is 38.0 Å². The van der Waals surface area contributed by atoms with Gasteiger partial charge >= 0.3 is 0 Å². The molecule has 1 aromatic rings. The number of hydrogen-bond donors (Lipinski definition) is 1. The van der Waals surface area contributed by atoms with Gasteiger partial charge in [0.25, 0.3) is 0 Å². The maximum Gasteiger partial charge on any atom is 0.0406 e. The quantitative estimate of drug-likeness (QED) is 0.469. The molecule has 0 amide bonds. The summed E-state index contributed by atoms with van der Waals surface area (Å²) in [4.78, 5) is 1.35. The van der Waals surface area contributed by atoms with Gasteiger partial charge in [0, 0.05) is 28.6 Å². The van der Waals surface area contributed by atoms with Crippen LogP contribution in [0.5, 0.6) is 0 Å². The van der Waals surface area contributed by atoms with Gasteiger partial charge in [0.15, 0.2) is 0 Å². The number of halogens is 1. The third kappa shape index (κ3) is 4.70. The summed E-state index contributed by atoms with van der Waals surface area (Å²) in [6.45, 7) is 3.39. The molecule has 0 heterocycles. The van der Waals surface area contributed by atoms with Crippen LogP contribution in [0.15, 0.2) is 35.2 Å². The van der Waals surface area contributed by atoms with Crippen molar-refractivity contribution in [1.29, 1.82) is 0 Å². The van der Waals surface area contributed by atoms with Crippen molar-refractivity contribution in [2.24, 2.45) is 5.92 Å². The van der Waals surface area contributed by atoms with E-state index >= 15 is 0 Å². The van der Waals surface area contributed by atoms with Gasteiger partial charge in [-0.2, -0.15) is 0 Å². The van der Waals surface area contributed by atoms with E-state index in [1.54, 1.807) is 0 Å². The molecule has 1 aliphatic carbocycles. The summed E-state index contributed by atoms with van der Waals surface area (Å²) in [6.07, 6.45) is 5.13. The molecule has 0 radical (unpaired) electrons. The minimum atomic E-state index is 0.191. The Morgan fingerprint density at radius 1 is 1.37 bits per heavy atom. The van der Waals surface area contributed by atoms with Crippen molar-refractivity contribution < 1.29 is 0 Å². The first-order valence-corrected chi connectivity index (χ1v) is 8.75. The van der Waals surface area contributed by atoms with Gasteiger partial charge in [0.1, 0.15) is 0 Å². The number of rotatable bonds is 6. The summed E-state index contributed by atoms with van der Waals surface area (Å²) < 4.78 is 0. The third-order valence-corrected chi connectivity index (χ3v) is 5.49. The zero-order valence-electron chi connectivity index (χ0n) is 11.7. The predicted octanol–water partition coefficient (Wildman–Crippen LogP) is 4.56. The van der Waals surface area contributed by atoms with E-state index in [2.05, 4.69) is 42.6 Å². The van der Waals surface area contributed by atoms with Gasteiger partial charge in [0.2, 0.25) is 0 Å². The molecule has 0 aliphatic heterocycles. The Morgan fingerprint density at radius 3 is 2.84 bits per heavy atom. The summed E-state index contributed by atoms with van der Waals surface area (Å²) in [6, 6.07) is 10.6. The maximum atomic E-state index is 6.23. The van der Waals surface area contributed by atoms with Crippen molar-refractivity contribution >= 4 is 23.4 Å². The topological polar surface area (TPSA) is 12.0 Å². The molecule has 0 aromatic heterocycles. The van der Waals surface area contributed by atoms with Crippen LogP contribution in [-0.4, -0.2) is 23.7 Å². The summed E-state index contributed by atoms with van der Waals surface area (Å²) in [5.74, 6) is 2.66. The number of benzene rings is 1. The number of hydrogen-bond acceptors (Lipinski definition) is 2. The van der Waals surface area contributed by atoms with Gasteiger partial charge in [-0.3, -0.25) is 0 Å². The molecule has 106 valence electrons. The monoisotopic (exact) mass is 297 g/mol. The molecule has 0 bridgehead atoms. The standard InChI is InChI=1S/C16H24ClNS/c1-14-6-5-9-16(12-14,13-17)18-10-11-19-15-7-3-2-4-8-15/h2-4,7-8,14,18H,5-6,9-13H2,1H3. The van der Waals surface area contributed by atoms with E-state index in [1.165, 1.54) is 30.6 Å². The van der Waals surface area contributed by atoms with Gasteiger partial charge in [-0.15, -0.1) is 23.4 Å². The van der Waals surface area contributed by atoms with Gasteiger partial charge in [0.05, 0.1) is 0 Å². The molecule has 0 spiro atoms. The lowest BCUT2D eigenvalue weighted by molar-refractivity contribution is 0.213. The predicted molar refractivity (Wildman–Crippen MR) is 86.3 cm³/mol. The second-order valence-corrected chi connectivity index (χ2v) is 7.14. The van der Waals surface area contributed by atoms with Crippen LogP contribution in [0.2, 0.25) is 0 Å². The molecule has 1 fully saturated rings. The Kier molecular flexibility index (Phi) is 6.06. The largest absolute Gasteiger partial charge is 0.309 e. The average Bonchev–Trinajstić information content (AvgIpc) is 2.45. The van der Waals surface area contributed by atoms with Crippen molar-refractivity contribution in [2.75, 3.05) is 18.2 Å². The summed E-state index contributed by atoms with van der Waals surface area (Å²) in [5, 5.41) is 3.73. The molecular weight excluding hydrogens is 274 g/mol. The highest BCUT2D eigenvalue weighted by molar-refractivity contribution is 7.99. The fourth-order valence-corrected chi connectivity index (χ4v) is 4.12. The maximum absolute atomic E-state index is 6.23. The van der Waals surface area contributed by atoms with E-state index in [9.17, 15) is 0 Å². The lowest BCUT2D eigenvalue weighted by Crippen LogP contribution is -2.50. The first-order valence-electron chi connectivity index (χ1n) is 7.23. The normalized spacial score (nSPS) is 27.4. The molecule has 0 saturated heterocycles. The van der Waals surface area contributed by atoms with Gasteiger partial charge in [-0.25, -0.2) is 0 Å². The fraction of sp³-hybridized carbons (Fsp3) is 0.625. The van der Waals surface area contributed by atoms with E-state index in [0.29, 0.717) is 0 Å². The van der Waals surface area contributed by atoms with E-state index in [-0.39, 0.29) is 5.54 Å². The lowest BCUT2D eigenvalue weighted by atomic mass is 9.77. The molecule has 2 unspecified atom stereocenters. The molecule has 19 heavy (non-hydrogen) atoms. The zero-order valence-corrected chi connectivity index (χ0v) is 13.3. The third-order valence-electron chi connectivity index (χ3n) is 3.96. The highest BCUT2D eigenvalue weighted by atomic mass is 35.5. The Balaban J connectivity index is 1.74. The lowest BCUT2D eigenvalue weighted by Gasteiger charge is -2.39. The first kappa shape index (κ1) is 15.2. The Labute approximate surface area is 126 Å². The Bertz CT molecular complexity index is 370. The van der Waals surface area contributed by atoms with Crippen LogP contribution in [0.3, 0.4) is 0 Å². The van der Waals surface area contributed by atoms with Crippen LogP contribution < -0.4 is 5.32 Å². The minimum absolute atomic E-state index is 0.191. The van der Waals surface area contributed by atoms with Crippen molar-refractivity contribution in [1.82, 2.24) is 5.32 Å². The molecule has 1 saturated carbocycles. The van der Waals surface area contributed by atoms with Crippen LogP contribution >= 0.6 is 23.4 Å².